The zero-order chi connectivity index (χ0) is 12.3. The van der Waals surface area contributed by atoms with Gasteiger partial charge >= 0.3 is 5.97 Å². The van der Waals surface area contributed by atoms with Crippen molar-refractivity contribution in [2.75, 3.05) is 7.11 Å². The molecule has 2 rings (SSSR count). The van der Waals surface area contributed by atoms with Gasteiger partial charge in [-0.05, 0) is 36.4 Å². The van der Waals surface area contributed by atoms with Crippen LogP contribution in [0.1, 0.15) is 35.8 Å². The zero-order valence-electron chi connectivity index (χ0n) is 10.2. The molecule has 0 aliphatic rings. The van der Waals surface area contributed by atoms with Gasteiger partial charge in [-0.15, -0.1) is 0 Å². The third-order valence-corrected chi connectivity index (χ3v) is 2.90. The second-order valence-electron chi connectivity index (χ2n) is 4.19. The second-order valence-corrected chi connectivity index (χ2v) is 4.19. The lowest BCUT2D eigenvalue weighted by Crippen LogP contribution is -2.00. The molecule has 0 amide bonds. The summed E-state index contributed by atoms with van der Waals surface area (Å²) in [6.45, 7) is 2.18. The summed E-state index contributed by atoms with van der Waals surface area (Å²) in [6, 6.07) is 7.74. The second kappa shape index (κ2) is 5.04. The Hall–Kier alpha value is -1.77. The topological polar surface area (TPSA) is 42.1 Å². The third kappa shape index (κ3) is 2.49. The van der Waals surface area contributed by atoms with Crippen LogP contribution in [-0.4, -0.2) is 18.1 Å². The molecule has 3 heteroatoms. The van der Waals surface area contributed by atoms with Gasteiger partial charge in [-0.2, -0.15) is 0 Å². The number of fused-ring (bicyclic) bond motifs is 1. The number of nitrogens with one attached hydrogen (secondary N) is 1. The molecule has 0 aliphatic heterocycles. The van der Waals surface area contributed by atoms with Crippen molar-refractivity contribution in [2.45, 2.75) is 26.2 Å². The minimum Gasteiger partial charge on any atom is -0.465 e. The molecule has 0 saturated heterocycles. The number of hydrogen-bond donors (Lipinski definition) is 1. The maximum atomic E-state index is 11.4. The number of rotatable bonds is 4. The lowest BCUT2D eigenvalue weighted by Gasteiger charge is -1.98. The highest BCUT2D eigenvalue weighted by molar-refractivity contribution is 5.94. The van der Waals surface area contributed by atoms with Gasteiger partial charge in [0, 0.05) is 11.2 Å². The summed E-state index contributed by atoms with van der Waals surface area (Å²) in [5.74, 6) is -0.295. The van der Waals surface area contributed by atoms with E-state index in [1.54, 1.807) is 6.07 Å². The fourth-order valence-corrected chi connectivity index (χ4v) is 1.93. The monoisotopic (exact) mass is 231 g/mol. The summed E-state index contributed by atoms with van der Waals surface area (Å²) in [4.78, 5) is 14.7. The number of ether oxygens (including phenoxy) is 1. The van der Waals surface area contributed by atoms with E-state index in [0.717, 1.165) is 17.3 Å². The fraction of sp³-hybridized carbons (Fsp3) is 0.357. The number of aromatic amines is 1. The molecular weight excluding hydrogens is 214 g/mol. The van der Waals surface area contributed by atoms with Gasteiger partial charge in [0.25, 0.3) is 0 Å². The molecule has 3 nitrogen and oxygen atoms in total. The maximum Gasteiger partial charge on any atom is 0.337 e. The fourth-order valence-electron chi connectivity index (χ4n) is 1.93. The van der Waals surface area contributed by atoms with Crippen LogP contribution in [0.25, 0.3) is 10.9 Å². The average Bonchev–Trinajstić information content (AvgIpc) is 2.76. The maximum absolute atomic E-state index is 11.4. The van der Waals surface area contributed by atoms with Gasteiger partial charge in [0.15, 0.2) is 0 Å². The van der Waals surface area contributed by atoms with Crippen LogP contribution in [0.4, 0.5) is 0 Å². The minimum atomic E-state index is -0.295. The normalized spacial score (nSPS) is 10.7. The van der Waals surface area contributed by atoms with Crippen LogP contribution in [0.2, 0.25) is 0 Å². The first kappa shape index (κ1) is 11.7. The van der Waals surface area contributed by atoms with Crippen molar-refractivity contribution in [1.29, 1.82) is 0 Å². The molecule has 0 spiro atoms. The Morgan fingerprint density at radius 3 is 2.88 bits per heavy atom. The Balaban J connectivity index is 2.31. The number of aryl methyl sites for hydroxylation is 1. The van der Waals surface area contributed by atoms with Gasteiger partial charge in [0.05, 0.1) is 12.7 Å². The number of hydrogen-bond acceptors (Lipinski definition) is 2. The number of unbranched alkanes of at least 4 members (excludes halogenated alkanes) is 1. The van der Waals surface area contributed by atoms with Crippen molar-refractivity contribution in [2.24, 2.45) is 0 Å². The molecule has 17 heavy (non-hydrogen) atoms. The van der Waals surface area contributed by atoms with E-state index in [4.69, 9.17) is 4.74 Å². The number of benzene rings is 1. The number of esters is 1. The number of aromatic nitrogens is 1. The van der Waals surface area contributed by atoms with Crippen LogP contribution in [-0.2, 0) is 11.2 Å². The number of H-pyrrole nitrogens is 1. The molecule has 1 N–H and O–H groups in total. The predicted octanol–water partition coefficient (Wildman–Crippen LogP) is 3.30. The van der Waals surface area contributed by atoms with E-state index in [1.807, 2.05) is 12.1 Å². The van der Waals surface area contributed by atoms with Gasteiger partial charge in [-0.3, -0.25) is 0 Å². The van der Waals surface area contributed by atoms with Crippen LogP contribution >= 0.6 is 0 Å². The summed E-state index contributed by atoms with van der Waals surface area (Å²) in [7, 11) is 1.40. The third-order valence-electron chi connectivity index (χ3n) is 2.90. The first-order valence-corrected chi connectivity index (χ1v) is 5.94. The summed E-state index contributed by atoms with van der Waals surface area (Å²) in [5, 5.41) is 1.14. The number of carbonyl (C=O) groups is 1. The van der Waals surface area contributed by atoms with Crippen molar-refractivity contribution < 1.29 is 9.53 Å². The summed E-state index contributed by atoms with van der Waals surface area (Å²) in [5.41, 5.74) is 2.81. The quantitative estimate of drug-likeness (QED) is 0.820. The van der Waals surface area contributed by atoms with Gasteiger partial charge in [0.1, 0.15) is 0 Å². The smallest absolute Gasteiger partial charge is 0.337 e. The van der Waals surface area contributed by atoms with Gasteiger partial charge < -0.3 is 9.72 Å². The van der Waals surface area contributed by atoms with Crippen molar-refractivity contribution in [3.05, 3.63) is 35.5 Å². The standard InChI is InChI=1S/C14H17NO2/c1-3-4-5-12-8-10-6-7-11(14(16)17-2)9-13(10)15-12/h6-9,15H,3-5H2,1-2H3. The van der Waals surface area contributed by atoms with Crippen molar-refractivity contribution in [1.82, 2.24) is 4.98 Å². The Labute approximate surface area is 101 Å². The molecule has 0 bridgehead atoms. The van der Waals surface area contributed by atoms with Crippen molar-refractivity contribution >= 4 is 16.9 Å². The number of methoxy groups -OCH3 is 1. The predicted molar refractivity (Wildman–Crippen MR) is 68.3 cm³/mol. The first-order valence-electron chi connectivity index (χ1n) is 5.94. The molecule has 1 aromatic carbocycles. The van der Waals surface area contributed by atoms with E-state index in [9.17, 15) is 4.79 Å². The van der Waals surface area contributed by atoms with E-state index in [0.29, 0.717) is 5.56 Å². The molecule has 0 atom stereocenters. The Kier molecular flexibility index (Phi) is 3.47. The van der Waals surface area contributed by atoms with E-state index in [2.05, 4.69) is 18.0 Å². The van der Waals surface area contributed by atoms with Crippen LogP contribution in [0.15, 0.2) is 24.3 Å². The van der Waals surface area contributed by atoms with Gasteiger partial charge in [-0.25, -0.2) is 4.79 Å². The molecule has 1 aromatic heterocycles. The Morgan fingerprint density at radius 1 is 1.35 bits per heavy atom. The van der Waals surface area contributed by atoms with Crippen molar-refractivity contribution in [3.63, 3.8) is 0 Å². The lowest BCUT2D eigenvalue weighted by atomic mass is 10.1. The summed E-state index contributed by atoms with van der Waals surface area (Å²) in [6.07, 6.45) is 3.41. The SMILES string of the molecule is CCCCc1cc2ccc(C(=O)OC)cc2[nH]1. The Morgan fingerprint density at radius 2 is 2.18 bits per heavy atom. The van der Waals surface area contributed by atoms with E-state index < -0.39 is 0 Å². The molecule has 0 radical (unpaired) electrons. The summed E-state index contributed by atoms with van der Waals surface area (Å²) < 4.78 is 4.70. The molecule has 1 heterocycles. The summed E-state index contributed by atoms with van der Waals surface area (Å²) >= 11 is 0. The van der Waals surface area contributed by atoms with Crippen LogP contribution in [0.3, 0.4) is 0 Å². The highest BCUT2D eigenvalue weighted by Gasteiger charge is 2.07. The van der Waals surface area contributed by atoms with E-state index in [1.165, 1.54) is 25.6 Å². The first-order chi connectivity index (χ1) is 8.24. The van der Waals surface area contributed by atoms with Crippen LogP contribution in [0.5, 0.6) is 0 Å². The number of carbonyl (C=O) groups excluding carboxylic acids is 1. The van der Waals surface area contributed by atoms with Gasteiger partial charge in [0.2, 0.25) is 0 Å². The van der Waals surface area contributed by atoms with Gasteiger partial charge in [-0.1, -0.05) is 19.4 Å². The van der Waals surface area contributed by atoms with Crippen molar-refractivity contribution in [3.8, 4) is 0 Å². The molecule has 0 unspecified atom stereocenters. The molecule has 0 aliphatic carbocycles. The highest BCUT2D eigenvalue weighted by atomic mass is 16.5. The van der Waals surface area contributed by atoms with Crippen LogP contribution < -0.4 is 0 Å². The molecular formula is C14H17NO2. The van der Waals surface area contributed by atoms with E-state index in [-0.39, 0.29) is 5.97 Å². The van der Waals surface area contributed by atoms with Crippen LogP contribution in [0, 0.1) is 0 Å². The lowest BCUT2D eigenvalue weighted by molar-refractivity contribution is 0.0601. The molecule has 0 fully saturated rings. The molecule has 0 saturated carbocycles. The average molecular weight is 231 g/mol. The molecule has 90 valence electrons. The largest absolute Gasteiger partial charge is 0.465 e. The van der Waals surface area contributed by atoms with E-state index >= 15 is 0 Å². The minimum absolute atomic E-state index is 0.295. The highest BCUT2D eigenvalue weighted by Crippen LogP contribution is 2.18. The Bertz CT molecular complexity index is 528. The molecule has 2 aromatic rings. The zero-order valence-corrected chi connectivity index (χ0v) is 10.2.